The van der Waals surface area contributed by atoms with Gasteiger partial charge in [0.2, 0.25) is 0 Å². The van der Waals surface area contributed by atoms with E-state index in [4.69, 9.17) is 14.2 Å². The van der Waals surface area contributed by atoms with Crippen LogP contribution < -0.4 is 14.2 Å². The molecule has 0 fully saturated rings. The van der Waals surface area contributed by atoms with Crippen molar-refractivity contribution in [1.82, 2.24) is 0 Å². The number of carbonyl (C=O) groups is 1. The van der Waals surface area contributed by atoms with Crippen LogP contribution in [0.3, 0.4) is 0 Å². The predicted molar refractivity (Wildman–Crippen MR) is 126 cm³/mol. The van der Waals surface area contributed by atoms with Crippen molar-refractivity contribution in [3.63, 3.8) is 0 Å². The predicted octanol–water partition coefficient (Wildman–Crippen LogP) is 7.28. The lowest BCUT2D eigenvalue weighted by Gasteiger charge is -2.20. The van der Waals surface area contributed by atoms with E-state index in [9.17, 15) is 18.0 Å². The Morgan fingerprint density at radius 1 is 0.829 bits per heavy atom. The van der Waals surface area contributed by atoms with E-state index >= 15 is 0 Å². The van der Waals surface area contributed by atoms with Crippen LogP contribution in [0, 0.1) is 0 Å². The Bertz CT molecular complexity index is 1150. The lowest BCUT2D eigenvalue weighted by Crippen LogP contribution is -2.16. The molecule has 0 amide bonds. The largest absolute Gasteiger partial charge is 0.573 e. The Morgan fingerprint density at radius 3 is 2.14 bits per heavy atom. The van der Waals surface area contributed by atoms with Gasteiger partial charge in [-0.1, -0.05) is 51.1 Å². The van der Waals surface area contributed by atoms with Gasteiger partial charge in [-0.15, -0.1) is 13.2 Å². The molecule has 0 radical (unpaired) electrons. The second kappa shape index (κ2) is 10.7. The number of hydrogen-bond acceptors (Lipinski definition) is 5. The molecule has 0 spiro atoms. The van der Waals surface area contributed by atoms with Crippen molar-refractivity contribution in [2.75, 3.05) is 13.2 Å². The molecule has 0 aliphatic carbocycles. The summed E-state index contributed by atoms with van der Waals surface area (Å²) >= 11 is 0. The molecule has 0 atom stereocenters. The van der Waals surface area contributed by atoms with Crippen LogP contribution >= 0.6 is 0 Å². The zero-order chi connectivity index (χ0) is 25.6. The Balaban J connectivity index is 1.90. The van der Waals surface area contributed by atoms with Crippen molar-refractivity contribution in [2.24, 2.45) is 0 Å². The van der Waals surface area contributed by atoms with Crippen molar-refractivity contribution in [3.8, 4) is 34.1 Å². The van der Waals surface area contributed by atoms with Crippen molar-refractivity contribution in [1.29, 1.82) is 0 Å². The minimum absolute atomic E-state index is 0.0749. The normalized spacial score (nSPS) is 11.6. The fourth-order valence-corrected chi connectivity index (χ4v) is 3.23. The summed E-state index contributed by atoms with van der Waals surface area (Å²) in [7, 11) is 0. The first-order valence-corrected chi connectivity index (χ1v) is 11.0. The van der Waals surface area contributed by atoms with E-state index in [1.807, 2.05) is 24.3 Å². The number of esters is 1. The van der Waals surface area contributed by atoms with E-state index < -0.39 is 12.3 Å². The highest BCUT2D eigenvalue weighted by Gasteiger charge is 2.31. The van der Waals surface area contributed by atoms with Gasteiger partial charge in [-0.3, -0.25) is 0 Å². The molecule has 3 aromatic rings. The molecular formula is C27H27F3O5. The minimum Gasteiger partial charge on any atom is -0.478 e. The van der Waals surface area contributed by atoms with Crippen LogP contribution in [-0.4, -0.2) is 25.5 Å². The number of halogens is 3. The topological polar surface area (TPSA) is 54.0 Å². The fourth-order valence-electron chi connectivity index (χ4n) is 3.23. The van der Waals surface area contributed by atoms with Gasteiger partial charge >= 0.3 is 12.3 Å². The maximum Gasteiger partial charge on any atom is 0.573 e. The molecule has 0 unspecified atom stereocenters. The summed E-state index contributed by atoms with van der Waals surface area (Å²) < 4.78 is 58.0. The summed E-state index contributed by atoms with van der Waals surface area (Å²) in [4.78, 5) is 11.9. The zero-order valence-electron chi connectivity index (χ0n) is 19.9. The molecule has 186 valence electrons. The number of rotatable bonds is 8. The van der Waals surface area contributed by atoms with E-state index in [0.29, 0.717) is 22.6 Å². The smallest absolute Gasteiger partial charge is 0.478 e. The van der Waals surface area contributed by atoms with E-state index in [2.05, 4.69) is 25.5 Å². The third-order valence-electron chi connectivity index (χ3n) is 4.94. The Kier molecular flexibility index (Phi) is 7.94. The van der Waals surface area contributed by atoms with E-state index in [-0.39, 0.29) is 30.1 Å². The van der Waals surface area contributed by atoms with Crippen LogP contribution in [-0.2, 0) is 14.9 Å². The monoisotopic (exact) mass is 488 g/mol. The molecule has 0 N–H and O–H groups in total. The molecule has 0 aromatic heterocycles. The molecule has 0 bridgehead atoms. The maximum absolute atomic E-state index is 12.4. The van der Waals surface area contributed by atoms with Crippen LogP contribution in [0.4, 0.5) is 13.2 Å². The van der Waals surface area contributed by atoms with E-state index in [1.165, 1.54) is 24.3 Å². The summed E-state index contributed by atoms with van der Waals surface area (Å²) in [5.74, 6) is 0.402. The fraction of sp³-hybridized carbons (Fsp3) is 0.296. The van der Waals surface area contributed by atoms with Gasteiger partial charge in [0.15, 0.2) is 18.1 Å². The first kappa shape index (κ1) is 25.9. The quantitative estimate of drug-likeness (QED) is 0.312. The number of alkyl halides is 3. The van der Waals surface area contributed by atoms with Crippen LogP contribution in [0.5, 0.6) is 23.0 Å². The Morgan fingerprint density at radius 2 is 1.51 bits per heavy atom. The van der Waals surface area contributed by atoms with Gasteiger partial charge in [-0.25, -0.2) is 4.79 Å². The van der Waals surface area contributed by atoms with Gasteiger partial charge in [0, 0.05) is 0 Å². The second-order valence-electron chi connectivity index (χ2n) is 8.71. The molecule has 0 saturated heterocycles. The third-order valence-corrected chi connectivity index (χ3v) is 4.94. The molecule has 3 rings (SSSR count). The summed E-state index contributed by atoms with van der Waals surface area (Å²) in [6.45, 7) is 7.88. The molecular weight excluding hydrogens is 461 g/mol. The van der Waals surface area contributed by atoms with Crippen LogP contribution in [0.2, 0.25) is 0 Å². The number of ether oxygens (including phenoxy) is 4. The van der Waals surface area contributed by atoms with Crippen molar-refractivity contribution >= 4 is 5.97 Å². The molecule has 5 nitrogen and oxygen atoms in total. The summed E-state index contributed by atoms with van der Waals surface area (Å²) in [6, 6.07) is 18.2. The van der Waals surface area contributed by atoms with Gasteiger partial charge in [0.05, 0.1) is 6.61 Å². The standard InChI is InChI=1S/C27H27F3O5/c1-5-32-25(31)17-33-24-15-19(18-9-12-21(13-10-18)35-27(28,29)30)11-14-23(24)34-22-8-6-7-20(16-22)26(2,3)4/h6-16H,5,17H2,1-4H3. The number of carbonyl (C=O) groups excluding carboxylic acids is 1. The third kappa shape index (κ3) is 7.67. The van der Waals surface area contributed by atoms with Gasteiger partial charge in [-0.05, 0) is 65.4 Å². The van der Waals surface area contributed by atoms with Crippen LogP contribution in [0.1, 0.15) is 33.3 Å². The number of hydrogen-bond donors (Lipinski definition) is 0. The van der Waals surface area contributed by atoms with Crippen LogP contribution in [0.15, 0.2) is 66.7 Å². The Labute approximate surface area is 202 Å². The minimum atomic E-state index is -4.76. The molecule has 8 heteroatoms. The second-order valence-corrected chi connectivity index (χ2v) is 8.71. The molecule has 35 heavy (non-hydrogen) atoms. The highest BCUT2D eigenvalue weighted by atomic mass is 19.4. The lowest BCUT2D eigenvalue weighted by atomic mass is 9.87. The van der Waals surface area contributed by atoms with Crippen molar-refractivity contribution in [3.05, 3.63) is 72.3 Å². The first-order valence-electron chi connectivity index (χ1n) is 11.0. The summed E-state index contributed by atoms with van der Waals surface area (Å²) in [6.07, 6.45) is -4.76. The van der Waals surface area contributed by atoms with Crippen molar-refractivity contribution in [2.45, 2.75) is 39.5 Å². The first-order chi connectivity index (χ1) is 16.4. The highest BCUT2D eigenvalue weighted by Crippen LogP contribution is 2.37. The van der Waals surface area contributed by atoms with Gasteiger partial charge in [-0.2, -0.15) is 0 Å². The van der Waals surface area contributed by atoms with E-state index in [1.54, 1.807) is 25.1 Å². The van der Waals surface area contributed by atoms with Gasteiger partial charge in [0.1, 0.15) is 11.5 Å². The lowest BCUT2D eigenvalue weighted by molar-refractivity contribution is -0.274. The summed E-state index contributed by atoms with van der Waals surface area (Å²) in [5, 5.41) is 0. The number of benzene rings is 3. The molecule has 0 saturated carbocycles. The SMILES string of the molecule is CCOC(=O)COc1cc(-c2ccc(OC(F)(F)F)cc2)ccc1Oc1cccc(C(C)(C)C)c1. The van der Waals surface area contributed by atoms with E-state index in [0.717, 1.165) is 5.56 Å². The highest BCUT2D eigenvalue weighted by molar-refractivity contribution is 5.72. The Hall–Kier alpha value is -3.68. The van der Waals surface area contributed by atoms with Gasteiger partial charge in [0.25, 0.3) is 0 Å². The molecule has 3 aromatic carbocycles. The molecule has 0 heterocycles. The van der Waals surface area contributed by atoms with Crippen molar-refractivity contribution < 1.29 is 36.9 Å². The average Bonchev–Trinajstić information content (AvgIpc) is 2.78. The molecule has 0 aliphatic rings. The summed E-state index contributed by atoms with van der Waals surface area (Å²) in [5.41, 5.74) is 2.29. The maximum atomic E-state index is 12.4. The van der Waals surface area contributed by atoms with Gasteiger partial charge < -0.3 is 18.9 Å². The molecule has 0 aliphatic heterocycles. The average molecular weight is 489 g/mol. The zero-order valence-corrected chi connectivity index (χ0v) is 19.9. The van der Waals surface area contributed by atoms with Crippen LogP contribution in [0.25, 0.3) is 11.1 Å².